The second kappa shape index (κ2) is 5.39. The monoisotopic (exact) mass is 208 g/mol. The first-order valence-corrected chi connectivity index (χ1v) is 5.00. The Morgan fingerprint density at radius 2 is 2.07 bits per heavy atom. The molecule has 0 spiro atoms. The second-order valence-corrected chi connectivity index (χ2v) is 3.22. The summed E-state index contributed by atoms with van der Waals surface area (Å²) >= 11 is 0. The summed E-state index contributed by atoms with van der Waals surface area (Å²) in [5.74, 6) is 0.209. The van der Waals surface area contributed by atoms with Gasteiger partial charge < -0.3 is 9.47 Å². The third kappa shape index (κ3) is 2.72. The first-order valence-electron chi connectivity index (χ1n) is 5.00. The Hall–Kier alpha value is -1.51. The molecule has 82 valence electrons. The Morgan fingerprint density at radius 3 is 2.67 bits per heavy atom. The average molecular weight is 208 g/mol. The van der Waals surface area contributed by atoms with Gasteiger partial charge in [-0.1, -0.05) is 18.2 Å². The van der Waals surface area contributed by atoms with E-state index in [9.17, 15) is 4.79 Å². The third-order valence-corrected chi connectivity index (χ3v) is 2.25. The predicted molar refractivity (Wildman–Crippen MR) is 58.0 cm³/mol. The highest BCUT2D eigenvalue weighted by molar-refractivity contribution is 5.78. The highest BCUT2D eigenvalue weighted by Gasteiger charge is 2.19. The van der Waals surface area contributed by atoms with Crippen molar-refractivity contribution in [3.05, 3.63) is 29.8 Å². The summed E-state index contributed by atoms with van der Waals surface area (Å²) in [6.45, 7) is 4.01. The molecule has 1 rings (SSSR count). The highest BCUT2D eigenvalue weighted by atomic mass is 16.5. The SMILES string of the molecule is CCOC(=O)C(C)c1ccccc1OC. The number of hydrogen-bond donors (Lipinski definition) is 0. The summed E-state index contributed by atoms with van der Waals surface area (Å²) in [6.07, 6.45) is 0. The van der Waals surface area contributed by atoms with E-state index in [0.29, 0.717) is 6.61 Å². The second-order valence-electron chi connectivity index (χ2n) is 3.22. The third-order valence-electron chi connectivity index (χ3n) is 2.25. The summed E-state index contributed by atoms with van der Waals surface area (Å²) in [5.41, 5.74) is 0.860. The van der Waals surface area contributed by atoms with Crippen LogP contribution in [0.4, 0.5) is 0 Å². The Morgan fingerprint density at radius 1 is 1.40 bits per heavy atom. The van der Waals surface area contributed by atoms with E-state index in [1.54, 1.807) is 14.0 Å². The van der Waals surface area contributed by atoms with E-state index in [2.05, 4.69) is 0 Å². The molecule has 0 aliphatic carbocycles. The molecule has 3 heteroatoms. The quantitative estimate of drug-likeness (QED) is 0.712. The van der Waals surface area contributed by atoms with Crippen molar-refractivity contribution in [2.75, 3.05) is 13.7 Å². The Kier molecular flexibility index (Phi) is 4.16. The molecule has 0 saturated heterocycles. The maximum absolute atomic E-state index is 11.5. The van der Waals surface area contributed by atoms with Crippen LogP contribution in [-0.2, 0) is 9.53 Å². The fourth-order valence-corrected chi connectivity index (χ4v) is 1.42. The molecule has 0 aliphatic rings. The predicted octanol–water partition coefficient (Wildman–Crippen LogP) is 2.36. The minimum atomic E-state index is -0.291. The Labute approximate surface area is 90.0 Å². The van der Waals surface area contributed by atoms with Gasteiger partial charge in [0.2, 0.25) is 0 Å². The van der Waals surface area contributed by atoms with E-state index in [1.807, 2.05) is 31.2 Å². The molecule has 1 aromatic rings. The van der Waals surface area contributed by atoms with Gasteiger partial charge in [-0.05, 0) is 19.9 Å². The van der Waals surface area contributed by atoms with Gasteiger partial charge in [0.1, 0.15) is 5.75 Å². The topological polar surface area (TPSA) is 35.5 Å². The van der Waals surface area contributed by atoms with E-state index >= 15 is 0 Å². The maximum Gasteiger partial charge on any atom is 0.313 e. The molecule has 1 aromatic carbocycles. The number of hydrogen-bond acceptors (Lipinski definition) is 3. The van der Waals surface area contributed by atoms with E-state index < -0.39 is 0 Å². The summed E-state index contributed by atoms with van der Waals surface area (Å²) in [4.78, 5) is 11.5. The lowest BCUT2D eigenvalue weighted by Gasteiger charge is -2.13. The standard InChI is InChI=1S/C12H16O3/c1-4-15-12(13)9(2)10-7-5-6-8-11(10)14-3/h5-9H,4H2,1-3H3. The van der Waals surface area contributed by atoms with Gasteiger partial charge in [0.25, 0.3) is 0 Å². The lowest BCUT2D eigenvalue weighted by molar-refractivity contribution is -0.144. The van der Waals surface area contributed by atoms with Crippen LogP contribution < -0.4 is 4.74 Å². The van der Waals surface area contributed by atoms with Gasteiger partial charge >= 0.3 is 5.97 Å². The molecule has 0 N–H and O–H groups in total. The van der Waals surface area contributed by atoms with Gasteiger partial charge in [-0.25, -0.2) is 0 Å². The number of carbonyl (C=O) groups is 1. The zero-order valence-electron chi connectivity index (χ0n) is 9.32. The first kappa shape index (κ1) is 11.6. The number of ether oxygens (including phenoxy) is 2. The normalized spacial score (nSPS) is 11.9. The fraction of sp³-hybridized carbons (Fsp3) is 0.417. The molecule has 0 bridgehead atoms. The van der Waals surface area contributed by atoms with Gasteiger partial charge in [0, 0.05) is 5.56 Å². The lowest BCUT2D eigenvalue weighted by atomic mass is 10.0. The number of esters is 1. The van der Waals surface area contributed by atoms with Crippen molar-refractivity contribution in [2.45, 2.75) is 19.8 Å². The van der Waals surface area contributed by atoms with Crippen LogP contribution in [0.5, 0.6) is 5.75 Å². The molecule has 1 atom stereocenters. The number of benzene rings is 1. The lowest BCUT2D eigenvalue weighted by Crippen LogP contribution is -2.13. The Balaban J connectivity index is 2.89. The minimum absolute atomic E-state index is 0.220. The molecular weight excluding hydrogens is 192 g/mol. The summed E-state index contributed by atoms with van der Waals surface area (Å²) < 4.78 is 10.2. The van der Waals surface area contributed by atoms with Crippen molar-refractivity contribution in [2.24, 2.45) is 0 Å². The van der Waals surface area contributed by atoms with Crippen molar-refractivity contribution in [1.29, 1.82) is 0 Å². The molecule has 0 radical (unpaired) electrons. The van der Waals surface area contributed by atoms with Gasteiger partial charge in [-0.15, -0.1) is 0 Å². The van der Waals surface area contributed by atoms with Crippen LogP contribution in [0.3, 0.4) is 0 Å². The summed E-state index contributed by atoms with van der Waals surface area (Å²) in [7, 11) is 1.59. The van der Waals surface area contributed by atoms with Crippen LogP contribution in [0.25, 0.3) is 0 Å². The number of para-hydroxylation sites is 1. The minimum Gasteiger partial charge on any atom is -0.496 e. The molecule has 15 heavy (non-hydrogen) atoms. The van der Waals surface area contributed by atoms with Crippen molar-refractivity contribution in [3.63, 3.8) is 0 Å². The maximum atomic E-state index is 11.5. The van der Waals surface area contributed by atoms with Gasteiger partial charge in [-0.3, -0.25) is 4.79 Å². The van der Waals surface area contributed by atoms with E-state index in [-0.39, 0.29) is 11.9 Å². The Bertz CT molecular complexity index is 333. The van der Waals surface area contributed by atoms with Gasteiger partial charge in [0.15, 0.2) is 0 Å². The molecule has 0 heterocycles. The van der Waals surface area contributed by atoms with Crippen LogP contribution in [0, 0.1) is 0 Å². The van der Waals surface area contributed by atoms with E-state index in [0.717, 1.165) is 11.3 Å². The summed E-state index contributed by atoms with van der Waals surface area (Å²) in [5, 5.41) is 0. The molecule has 0 fully saturated rings. The van der Waals surface area contributed by atoms with E-state index in [4.69, 9.17) is 9.47 Å². The molecule has 3 nitrogen and oxygen atoms in total. The van der Waals surface area contributed by atoms with Crippen molar-refractivity contribution in [3.8, 4) is 5.75 Å². The van der Waals surface area contributed by atoms with E-state index in [1.165, 1.54) is 0 Å². The van der Waals surface area contributed by atoms with Crippen LogP contribution in [-0.4, -0.2) is 19.7 Å². The number of carbonyl (C=O) groups excluding carboxylic acids is 1. The van der Waals surface area contributed by atoms with Crippen LogP contribution in [0.15, 0.2) is 24.3 Å². The highest BCUT2D eigenvalue weighted by Crippen LogP contribution is 2.26. The zero-order chi connectivity index (χ0) is 11.3. The number of rotatable bonds is 4. The summed E-state index contributed by atoms with van der Waals surface area (Å²) in [6, 6.07) is 7.47. The van der Waals surface area contributed by atoms with Crippen LogP contribution in [0.1, 0.15) is 25.3 Å². The largest absolute Gasteiger partial charge is 0.496 e. The van der Waals surface area contributed by atoms with Crippen LogP contribution in [0.2, 0.25) is 0 Å². The average Bonchev–Trinajstić information content (AvgIpc) is 2.28. The first-order chi connectivity index (χ1) is 7.20. The molecule has 1 unspecified atom stereocenters. The van der Waals surface area contributed by atoms with Crippen molar-refractivity contribution < 1.29 is 14.3 Å². The van der Waals surface area contributed by atoms with Crippen LogP contribution >= 0.6 is 0 Å². The molecule has 0 saturated carbocycles. The van der Waals surface area contributed by atoms with Gasteiger partial charge in [0.05, 0.1) is 19.6 Å². The molecule has 0 aliphatic heterocycles. The molecular formula is C12H16O3. The zero-order valence-corrected chi connectivity index (χ0v) is 9.32. The smallest absolute Gasteiger partial charge is 0.313 e. The number of methoxy groups -OCH3 is 1. The van der Waals surface area contributed by atoms with Crippen molar-refractivity contribution >= 4 is 5.97 Å². The van der Waals surface area contributed by atoms with Gasteiger partial charge in [-0.2, -0.15) is 0 Å². The molecule has 0 aromatic heterocycles. The molecule has 0 amide bonds. The fourth-order valence-electron chi connectivity index (χ4n) is 1.42. The van der Waals surface area contributed by atoms with Crippen molar-refractivity contribution in [1.82, 2.24) is 0 Å².